The molecule has 0 aromatic carbocycles. The van der Waals surface area contributed by atoms with Gasteiger partial charge in [-0.2, -0.15) is 0 Å². The van der Waals surface area contributed by atoms with Gasteiger partial charge in [0.25, 0.3) is 0 Å². The first-order valence-corrected chi connectivity index (χ1v) is 6.26. The van der Waals surface area contributed by atoms with Gasteiger partial charge < -0.3 is 4.74 Å². The molecule has 0 aliphatic heterocycles. The van der Waals surface area contributed by atoms with E-state index in [0.29, 0.717) is 5.92 Å². The van der Waals surface area contributed by atoms with Gasteiger partial charge in [-0.25, -0.2) is 0 Å². The zero-order valence-corrected chi connectivity index (χ0v) is 11.2. The summed E-state index contributed by atoms with van der Waals surface area (Å²) in [5.41, 5.74) is 0. The Labute approximate surface area is 105 Å². The number of carbonyl (C=O) groups is 1. The Balaban J connectivity index is 3.85. The van der Waals surface area contributed by atoms with Gasteiger partial charge in [0.15, 0.2) is 0 Å². The SMILES string of the molecule is C=C/C=C\C=C\OC(=O)C(C)CCC(C)CC. The Kier molecular flexibility index (Phi) is 9.12. The third-order valence-electron chi connectivity index (χ3n) is 2.81. The van der Waals surface area contributed by atoms with Crippen LogP contribution in [0.15, 0.2) is 37.1 Å². The minimum atomic E-state index is -0.156. The van der Waals surface area contributed by atoms with E-state index in [9.17, 15) is 4.79 Å². The number of esters is 1. The second-order valence-corrected chi connectivity index (χ2v) is 4.38. The smallest absolute Gasteiger partial charge is 0.313 e. The molecule has 0 aliphatic rings. The van der Waals surface area contributed by atoms with Crippen LogP contribution in [-0.4, -0.2) is 5.97 Å². The van der Waals surface area contributed by atoms with Gasteiger partial charge in [0.1, 0.15) is 0 Å². The minimum absolute atomic E-state index is 0.0305. The topological polar surface area (TPSA) is 26.3 Å². The van der Waals surface area contributed by atoms with Crippen LogP contribution in [0.3, 0.4) is 0 Å². The highest BCUT2D eigenvalue weighted by Gasteiger charge is 2.14. The van der Waals surface area contributed by atoms with Gasteiger partial charge in [-0.1, -0.05) is 52.0 Å². The largest absolute Gasteiger partial charge is 0.434 e. The van der Waals surface area contributed by atoms with Gasteiger partial charge in [-0.15, -0.1) is 0 Å². The number of hydrogen-bond donors (Lipinski definition) is 0. The molecule has 0 aromatic rings. The molecule has 0 fully saturated rings. The third-order valence-corrected chi connectivity index (χ3v) is 2.81. The van der Waals surface area contributed by atoms with Crippen molar-refractivity contribution in [2.45, 2.75) is 40.0 Å². The highest BCUT2D eigenvalue weighted by atomic mass is 16.5. The van der Waals surface area contributed by atoms with Crippen molar-refractivity contribution in [3.05, 3.63) is 37.1 Å². The molecule has 2 unspecified atom stereocenters. The first kappa shape index (κ1) is 15.7. The van der Waals surface area contributed by atoms with E-state index in [1.54, 1.807) is 24.3 Å². The van der Waals surface area contributed by atoms with Gasteiger partial charge in [0.05, 0.1) is 12.2 Å². The molecule has 0 rings (SSSR count). The van der Waals surface area contributed by atoms with E-state index < -0.39 is 0 Å². The van der Waals surface area contributed by atoms with Gasteiger partial charge in [-0.3, -0.25) is 4.79 Å². The Morgan fingerprint density at radius 1 is 1.24 bits per heavy atom. The van der Waals surface area contributed by atoms with E-state index in [0.717, 1.165) is 19.3 Å². The van der Waals surface area contributed by atoms with Crippen LogP contribution in [0.4, 0.5) is 0 Å². The number of hydrogen-bond acceptors (Lipinski definition) is 2. The predicted molar refractivity (Wildman–Crippen MR) is 72.4 cm³/mol. The van der Waals surface area contributed by atoms with Crippen molar-refractivity contribution >= 4 is 5.97 Å². The van der Waals surface area contributed by atoms with Crippen LogP contribution >= 0.6 is 0 Å². The van der Waals surface area contributed by atoms with Crippen LogP contribution in [0.2, 0.25) is 0 Å². The Morgan fingerprint density at radius 2 is 1.94 bits per heavy atom. The first-order chi connectivity index (χ1) is 8.11. The van der Waals surface area contributed by atoms with Crippen LogP contribution in [0.25, 0.3) is 0 Å². The monoisotopic (exact) mass is 236 g/mol. The summed E-state index contributed by atoms with van der Waals surface area (Å²) in [6, 6.07) is 0. The van der Waals surface area contributed by atoms with E-state index in [2.05, 4.69) is 20.4 Å². The van der Waals surface area contributed by atoms with Gasteiger partial charge in [-0.05, 0) is 24.8 Å². The highest BCUT2D eigenvalue weighted by Crippen LogP contribution is 2.15. The Bertz CT molecular complexity index is 277. The fourth-order valence-corrected chi connectivity index (χ4v) is 1.27. The first-order valence-electron chi connectivity index (χ1n) is 6.26. The number of carbonyl (C=O) groups excluding carboxylic acids is 1. The van der Waals surface area contributed by atoms with Crippen LogP contribution in [-0.2, 0) is 9.53 Å². The molecular weight excluding hydrogens is 212 g/mol. The molecule has 0 spiro atoms. The maximum Gasteiger partial charge on any atom is 0.313 e. The van der Waals surface area contributed by atoms with E-state index in [4.69, 9.17) is 4.74 Å². The predicted octanol–water partition coefficient (Wildman–Crippen LogP) is 4.25. The maximum absolute atomic E-state index is 11.6. The summed E-state index contributed by atoms with van der Waals surface area (Å²) in [6.07, 6.45) is 11.4. The summed E-state index contributed by atoms with van der Waals surface area (Å²) in [4.78, 5) is 11.6. The third kappa shape index (κ3) is 8.49. The van der Waals surface area contributed by atoms with E-state index in [-0.39, 0.29) is 11.9 Å². The summed E-state index contributed by atoms with van der Waals surface area (Å²) in [6.45, 7) is 9.83. The fraction of sp³-hybridized carbons (Fsp3) is 0.533. The molecule has 2 atom stereocenters. The fourth-order valence-electron chi connectivity index (χ4n) is 1.27. The van der Waals surface area contributed by atoms with Gasteiger partial charge >= 0.3 is 5.97 Å². The van der Waals surface area contributed by atoms with Crippen molar-refractivity contribution in [2.75, 3.05) is 0 Å². The molecule has 0 amide bonds. The molecule has 0 saturated carbocycles. The molecule has 0 aliphatic carbocycles. The van der Waals surface area contributed by atoms with Crippen LogP contribution in [0, 0.1) is 11.8 Å². The lowest BCUT2D eigenvalue weighted by atomic mass is 9.96. The molecule has 2 heteroatoms. The molecule has 0 aromatic heterocycles. The second kappa shape index (κ2) is 9.88. The lowest BCUT2D eigenvalue weighted by molar-refractivity contribution is -0.142. The van der Waals surface area contributed by atoms with Crippen LogP contribution < -0.4 is 0 Å². The normalized spacial score (nSPS) is 15.0. The van der Waals surface area contributed by atoms with Crippen molar-refractivity contribution in [1.29, 1.82) is 0 Å². The van der Waals surface area contributed by atoms with Crippen LogP contribution in [0.5, 0.6) is 0 Å². The maximum atomic E-state index is 11.6. The molecule has 0 saturated heterocycles. The number of allylic oxidation sites excluding steroid dienone is 4. The van der Waals surface area contributed by atoms with Crippen LogP contribution in [0.1, 0.15) is 40.0 Å². The molecule has 17 heavy (non-hydrogen) atoms. The number of rotatable bonds is 8. The van der Waals surface area contributed by atoms with E-state index in [1.165, 1.54) is 6.26 Å². The minimum Gasteiger partial charge on any atom is -0.434 e. The van der Waals surface area contributed by atoms with Gasteiger partial charge in [0, 0.05) is 0 Å². The summed E-state index contributed by atoms with van der Waals surface area (Å²) in [5.74, 6) is 0.491. The average Bonchev–Trinajstić information content (AvgIpc) is 2.34. The molecule has 0 heterocycles. The zero-order valence-electron chi connectivity index (χ0n) is 11.2. The number of ether oxygens (including phenoxy) is 1. The lowest BCUT2D eigenvalue weighted by Crippen LogP contribution is -2.13. The summed E-state index contributed by atoms with van der Waals surface area (Å²) in [7, 11) is 0. The average molecular weight is 236 g/mol. The quantitative estimate of drug-likeness (QED) is 0.358. The molecule has 2 nitrogen and oxygen atoms in total. The molecule has 0 N–H and O–H groups in total. The lowest BCUT2D eigenvalue weighted by Gasteiger charge is -2.12. The Morgan fingerprint density at radius 3 is 2.53 bits per heavy atom. The zero-order chi connectivity index (χ0) is 13.1. The van der Waals surface area contributed by atoms with E-state index >= 15 is 0 Å². The molecule has 0 radical (unpaired) electrons. The molecular formula is C15H24O2. The van der Waals surface area contributed by atoms with Crippen molar-refractivity contribution < 1.29 is 9.53 Å². The van der Waals surface area contributed by atoms with Crippen molar-refractivity contribution in [3.63, 3.8) is 0 Å². The highest BCUT2D eigenvalue weighted by molar-refractivity contribution is 5.72. The van der Waals surface area contributed by atoms with Crippen molar-refractivity contribution in [3.8, 4) is 0 Å². The van der Waals surface area contributed by atoms with Crippen molar-refractivity contribution in [2.24, 2.45) is 11.8 Å². The Hall–Kier alpha value is -1.31. The molecule has 0 bridgehead atoms. The molecule has 96 valence electrons. The summed E-state index contributed by atoms with van der Waals surface area (Å²) in [5, 5.41) is 0. The van der Waals surface area contributed by atoms with Crippen molar-refractivity contribution in [1.82, 2.24) is 0 Å². The summed E-state index contributed by atoms with van der Waals surface area (Å²) >= 11 is 0. The van der Waals surface area contributed by atoms with Gasteiger partial charge in [0.2, 0.25) is 0 Å². The summed E-state index contributed by atoms with van der Waals surface area (Å²) < 4.78 is 5.01. The standard InChI is InChI=1S/C15H24O2/c1-5-7-8-9-12-17-15(16)14(4)11-10-13(3)6-2/h5,7-9,12-14H,1,6,10-11H2,2-4H3/b8-7-,12-9+. The van der Waals surface area contributed by atoms with E-state index in [1.807, 2.05) is 6.92 Å². The second-order valence-electron chi connectivity index (χ2n) is 4.38.